The van der Waals surface area contributed by atoms with Gasteiger partial charge in [0, 0.05) is 35.9 Å². The molecule has 0 amide bonds. The number of hydrogen-bond acceptors (Lipinski definition) is 4. The first-order valence-corrected chi connectivity index (χ1v) is 11.6. The first-order valence-electron chi connectivity index (χ1n) is 11.2. The molecule has 0 bridgehead atoms. The van der Waals surface area contributed by atoms with Crippen LogP contribution in [0, 0.1) is 0 Å². The van der Waals surface area contributed by atoms with Gasteiger partial charge in [-0.25, -0.2) is 4.79 Å². The summed E-state index contributed by atoms with van der Waals surface area (Å²) in [6.07, 6.45) is 2.27. The number of ether oxygens (including phenoxy) is 1. The number of benzene rings is 2. The van der Waals surface area contributed by atoms with Crippen molar-refractivity contribution in [2.24, 2.45) is 0 Å². The van der Waals surface area contributed by atoms with E-state index in [-0.39, 0.29) is 5.97 Å². The maximum absolute atomic E-state index is 13.0. The number of aromatic nitrogens is 1. The number of hydrogen-bond donors (Lipinski definition) is 0. The van der Waals surface area contributed by atoms with Crippen LogP contribution in [0.2, 0.25) is 0 Å². The smallest absolute Gasteiger partial charge is 0.416 e. The molecule has 4 rings (SSSR count). The van der Waals surface area contributed by atoms with Crippen LogP contribution >= 0.6 is 12.2 Å². The molecule has 0 spiro atoms. The molecule has 0 aliphatic heterocycles. The normalized spacial score (nSPS) is 12.7. The van der Waals surface area contributed by atoms with Gasteiger partial charge in [0.2, 0.25) is 0 Å². The number of esters is 1. The van der Waals surface area contributed by atoms with Crippen LogP contribution in [0.25, 0.3) is 6.08 Å². The van der Waals surface area contributed by atoms with Crippen LogP contribution in [0.3, 0.4) is 0 Å². The van der Waals surface area contributed by atoms with Crippen molar-refractivity contribution in [1.29, 1.82) is 0 Å². The molecule has 0 fully saturated rings. The molecule has 0 radical (unpaired) electrons. The Balaban J connectivity index is 1.36. The molecule has 1 aliphatic rings. The monoisotopic (exact) mass is 495 g/mol. The number of thiocarbonyl (C=S) groups is 1. The zero-order valence-electron chi connectivity index (χ0n) is 19.2. The number of aryl methyl sites for hydroxylation is 2. The number of pyridine rings is 1. The average Bonchev–Trinajstić information content (AvgIpc) is 3.25. The van der Waals surface area contributed by atoms with E-state index in [1.165, 1.54) is 13.2 Å². The maximum atomic E-state index is 13.0. The number of rotatable bonds is 8. The maximum Gasteiger partial charge on any atom is 0.416 e. The van der Waals surface area contributed by atoms with Gasteiger partial charge in [-0.05, 0) is 58.9 Å². The first kappa shape index (κ1) is 24.8. The minimum absolute atomic E-state index is 0.325. The molecule has 0 saturated heterocycles. The molecule has 0 unspecified atom stereocenters. The quantitative estimate of drug-likeness (QED) is 0.277. The largest absolute Gasteiger partial charge is 0.466 e. The molecular weight excluding hydrogens is 471 g/mol. The number of halogens is 3. The van der Waals surface area contributed by atoms with Gasteiger partial charge in [-0.1, -0.05) is 54.7 Å². The summed E-state index contributed by atoms with van der Waals surface area (Å²) < 4.78 is 43.7. The zero-order valence-corrected chi connectivity index (χ0v) is 20.0. The lowest BCUT2D eigenvalue weighted by atomic mass is 9.98. The molecule has 7 heteroatoms. The zero-order chi connectivity index (χ0) is 25.0. The van der Waals surface area contributed by atoms with Gasteiger partial charge in [-0.3, -0.25) is 4.98 Å². The van der Waals surface area contributed by atoms with Gasteiger partial charge in [0.15, 0.2) is 0 Å². The molecule has 3 nitrogen and oxygen atoms in total. The van der Waals surface area contributed by atoms with E-state index in [1.54, 1.807) is 6.07 Å². The Hall–Kier alpha value is -3.32. The number of nitrogens with zero attached hydrogens (tertiary/aromatic N) is 1. The van der Waals surface area contributed by atoms with Crippen LogP contribution < -0.4 is 0 Å². The highest BCUT2D eigenvalue weighted by Crippen LogP contribution is 2.30. The minimum Gasteiger partial charge on any atom is -0.466 e. The van der Waals surface area contributed by atoms with E-state index >= 15 is 0 Å². The van der Waals surface area contributed by atoms with Crippen molar-refractivity contribution in [3.63, 3.8) is 0 Å². The Morgan fingerprint density at radius 1 is 0.971 bits per heavy atom. The van der Waals surface area contributed by atoms with Crippen molar-refractivity contribution in [3.8, 4) is 0 Å². The number of alkyl halides is 3. The number of carbonyl (C=O) groups excluding carboxylic acids is 1. The average molecular weight is 496 g/mol. The van der Waals surface area contributed by atoms with Crippen molar-refractivity contribution in [1.82, 2.24) is 4.98 Å². The standard InChI is InChI=1S/C28H24F3NO2S/c1-34-27(33)23-15-22-11-21(17-32-26(22)16-23)9-8-18-4-2-5-19(10-18)13-25(35)14-20-6-3-7-24(12-20)28(29,30)31/h2-7,10-12,15,17H,8-9,13-14,16H2,1H3. The molecule has 1 aliphatic carbocycles. The van der Waals surface area contributed by atoms with Gasteiger partial charge in [-0.2, -0.15) is 13.2 Å². The van der Waals surface area contributed by atoms with Crippen molar-refractivity contribution in [2.75, 3.05) is 7.11 Å². The molecule has 0 N–H and O–H groups in total. The second-order valence-electron chi connectivity index (χ2n) is 8.63. The van der Waals surface area contributed by atoms with E-state index in [9.17, 15) is 18.0 Å². The third-order valence-electron chi connectivity index (χ3n) is 5.95. The van der Waals surface area contributed by atoms with Crippen LogP contribution in [0.4, 0.5) is 13.2 Å². The van der Waals surface area contributed by atoms with Gasteiger partial charge in [0.25, 0.3) is 0 Å². The van der Waals surface area contributed by atoms with Crippen molar-refractivity contribution in [3.05, 3.63) is 105 Å². The summed E-state index contributed by atoms with van der Waals surface area (Å²) in [6, 6.07) is 15.5. The fourth-order valence-electron chi connectivity index (χ4n) is 4.21. The summed E-state index contributed by atoms with van der Waals surface area (Å²) in [5, 5.41) is 0. The predicted octanol–water partition coefficient (Wildman–Crippen LogP) is 6.15. The summed E-state index contributed by atoms with van der Waals surface area (Å²) >= 11 is 5.49. The Bertz CT molecular complexity index is 1300. The van der Waals surface area contributed by atoms with Gasteiger partial charge in [0.05, 0.1) is 18.4 Å². The Kier molecular flexibility index (Phi) is 7.45. The second-order valence-corrected chi connectivity index (χ2v) is 9.21. The Morgan fingerprint density at radius 2 is 1.63 bits per heavy atom. The predicted molar refractivity (Wildman–Crippen MR) is 133 cm³/mol. The van der Waals surface area contributed by atoms with Gasteiger partial charge in [-0.15, -0.1) is 0 Å². The van der Waals surface area contributed by atoms with Crippen molar-refractivity contribution in [2.45, 2.75) is 38.3 Å². The molecular formula is C28H24F3NO2S. The third-order valence-corrected chi connectivity index (χ3v) is 6.23. The van der Waals surface area contributed by atoms with Crippen molar-refractivity contribution < 1.29 is 22.7 Å². The van der Waals surface area contributed by atoms with Crippen LogP contribution in [-0.2, 0) is 47.8 Å². The SMILES string of the molecule is COC(=O)C1=Cc2cc(CCc3cccc(CC(=S)Cc4cccc(C(F)(F)F)c4)c3)cnc2C1. The molecule has 3 aromatic rings. The molecule has 180 valence electrons. The van der Waals surface area contributed by atoms with Gasteiger partial charge in [0.1, 0.15) is 0 Å². The molecule has 0 saturated carbocycles. The minimum atomic E-state index is -4.36. The molecule has 1 aromatic heterocycles. The highest BCUT2D eigenvalue weighted by atomic mass is 32.1. The summed E-state index contributed by atoms with van der Waals surface area (Å²) in [5.74, 6) is -0.327. The molecule has 1 heterocycles. The molecule has 35 heavy (non-hydrogen) atoms. The lowest BCUT2D eigenvalue weighted by molar-refractivity contribution is -0.138. The number of fused-ring (bicyclic) bond motifs is 1. The van der Waals surface area contributed by atoms with Crippen LogP contribution in [0.15, 0.2) is 66.4 Å². The number of methoxy groups -OCH3 is 1. The lowest BCUT2D eigenvalue weighted by Crippen LogP contribution is -2.08. The Labute approximate surface area is 207 Å². The van der Waals surface area contributed by atoms with E-state index in [1.807, 2.05) is 24.4 Å². The summed E-state index contributed by atoms with van der Waals surface area (Å²) in [6.45, 7) is 0. The second kappa shape index (κ2) is 10.5. The molecule has 2 aromatic carbocycles. The summed E-state index contributed by atoms with van der Waals surface area (Å²) in [7, 11) is 1.37. The van der Waals surface area contributed by atoms with E-state index < -0.39 is 11.7 Å². The van der Waals surface area contributed by atoms with E-state index in [4.69, 9.17) is 17.0 Å². The highest BCUT2D eigenvalue weighted by molar-refractivity contribution is 7.80. The van der Waals surface area contributed by atoms with Crippen molar-refractivity contribution >= 4 is 29.1 Å². The van der Waals surface area contributed by atoms with Crippen LogP contribution in [-0.4, -0.2) is 22.9 Å². The van der Waals surface area contributed by atoms with Crippen LogP contribution in [0.5, 0.6) is 0 Å². The summed E-state index contributed by atoms with van der Waals surface area (Å²) in [4.78, 5) is 17.0. The lowest BCUT2D eigenvalue weighted by Gasteiger charge is -2.10. The van der Waals surface area contributed by atoms with E-state index in [2.05, 4.69) is 23.2 Å². The molecule has 0 atom stereocenters. The topological polar surface area (TPSA) is 39.2 Å². The third kappa shape index (κ3) is 6.42. The fourth-order valence-corrected chi connectivity index (χ4v) is 4.54. The van der Waals surface area contributed by atoms with E-state index in [0.29, 0.717) is 35.3 Å². The van der Waals surface area contributed by atoms with Gasteiger partial charge >= 0.3 is 12.1 Å². The fraction of sp³-hybridized carbons (Fsp3) is 0.250. The first-order chi connectivity index (χ1) is 16.7. The Morgan fingerprint density at radius 3 is 2.34 bits per heavy atom. The number of carbonyl (C=O) groups is 1. The summed E-state index contributed by atoms with van der Waals surface area (Å²) in [5.41, 5.74) is 5.62. The van der Waals surface area contributed by atoms with E-state index in [0.717, 1.165) is 52.9 Å². The highest BCUT2D eigenvalue weighted by Gasteiger charge is 2.30. The van der Waals surface area contributed by atoms with Crippen LogP contribution in [0.1, 0.15) is 39.1 Å². The van der Waals surface area contributed by atoms with Gasteiger partial charge < -0.3 is 4.74 Å².